The van der Waals surface area contributed by atoms with Crippen molar-refractivity contribution in [2.45, 2.75) is 39.5 Å². The normalized spacial score (nSPS) is 18.6. The van der Waals surface area contributed by atoms with Crippen LogP contribution in [-0.2, 0) is 9.59 Å². The summed E-state index contributed by atoms with van der Waals surface area (Å²) < 4.78 is 0. The monoisotopic (exact) mass is 299 g/mol. The molecule has 0 atom stereocenters. The van der Waals surface area contributed by atoms with Gasteiger partial charge in [0.1, 0.15) is 0 Å². The molecule has 2 N–H and O–H groups in total. The van der Waals surface area contributed by atoms with E-state index in [-0.39, 0.29) is 23.8 Å². The van der Waals surface area contributed by atoms with E-state index in [0.29, 0.717) is 30.9 Å². The van der Waals surface area contributed by atoms with Gasteiger partial charge in [-0.1, -0.05) is 26.1 Å². The van der Waals surface area contributed by atoms with Crippen LogP contribution in [0, 0.1) is 5.41 Å². The summed E-state index contributed by atoms with van der Waals surface area (Å²) >= 11 is 4.80. The Morgan fingerprint density at radius 1 is 1.45 bits per heavy atom. The van der Waals surface area contributed by atoms with Crippen molar-refractivity contribution in [2.24, 2.45) is 11.1 Å². The number of carbonyl (C=O) groups is 2. The molecule has 1 heterocycles. The second-order valence-electron chi connectivity index (χ2n) is 6.26. The first kappa shape index (κ1) is 16.9. The average molecular weight is 299 g/mol. The van der Waals surface area contributed by atoms with Gasteiger partial charge in [-0.25, -0.2) is 0 Å². The van der Waals surface area contributed by atoms with Crippen molar-refractivity contribution >= 4 is 29.0 Å². The average Bonchev–Trinajstić information content (AvgIpc) is 2.48. The van der Waals surface area contributed by atoms with Crippen LogP contribution in [0.15, 0.2) is 0 Å². The van der Waals surface area contributed by atoms with Crippen LogP contribution < -0.4 is 5.73 Å². The van der Waals surface area contributed by atoms with Gasteiger partial charge in [0, 0.05) is 33.0 Å². The minimum atomic E-state index is -0.0608. The molecule has 20 heavy (non-hydrogen) atoms. The van der Waals surface area contributed by atoms with Crippen molar-refractivity contribution in [2.75, 3.05) is 26.7 Å². The molecular formula is C14H25N3O2S. The summed E-state index contributed by atoms with van der Waals surface area (Å²) in [7, 11) is 1.72. The highest BCUT2D eigenvalue weighted by molar-refractivity contribution is 7.80. The number of carbonyl (C=O) groups excluding carboxylic acids is 2. The number of likely N-dealkylation sites (tertiary alicyclic amines) is 1. The van der Waals surface area contributed by atoms with Gasteiger partial charge >= 0.3 is 0 Å². The van der Waals surface area contributed by atoms with Gasteiger partial charge in [0.15, 0.2) is 0 Å². The smallest absolute Gasteiger partial charge is 0.241 e. The Labute approximate surface area is 126 Å². The third-order valence-electron chi connectivity index (χ3n) is 3.87. The molecule has 1 aliphatic rings. The summed E-state index contributed by atoms with van der Waals surface area (Å²) in [6.45, 7) is 5.64. The summed E-state index contributed by atoms with van der Waals surface area (Å²) in [6.07, 6.45) is 2.85. The Morgan fingerprint density at radius 2 is 2.10 bits per heavy atom. The topological polar surface area (TPSA) is 66.6 Å². The lowest BCUT2D eigenvalue weighted by Crippen LogP contribution is -2.42. The standard InChI is InChI=1S/C14H25N3O2S/c1-14(2)6-4-12(18)17(9-7-14)10-13(19)16(3)8-5-11(15)20/h4-10H2,1-3H3,(H2,15,20). The fraction of sp³-hybridized carbons (Fsp3) is 0.786. The largest absolute Gasteiger partial charge is 0.393 e. The highest BCUT2D eigenvalue weighted by atomic mass is 32.1. The molecule has 0 saturated carbocycles. The van der Waals surface area contributed by atoms with Crippen LogP contribution in [0.25, 0.3) is 0 Å². The molecule has 0 aromatic rings. The fourth-order valence-corrected chi connectivity index (χ4v) is 2.24. The van der Waals surface area contributed by atoms with Crippen LogP contribution in [-0.4, -0.2) is 53.3 Å². The summed E-state index contributed by atoms with van der Waals surface area (Å²) in [5.41, 5.74) is 5.60. The van der Waals surface area contributed by atoms with Gasteiger partial charge in [-0.2, -0.15) is 0 Å². The predicted molar refractivity (Wildman–Crippen MR) is 83.3 cm³/mol. The first-order chi connectivity index (χ1) is 9.21. The molecule has 0 radical (unpaired) electrons. The molecule has 0 aromatic heterocycles. The number of nitrogens with zero attached hydrogens (tertiary/aromatic N) is 2. The highest BCUT2D eigenvalue weighted by Crippen LogP contribution is 2.30. The lowest BCUT2D eigenvalue weighted by molar-refractivity contribution is -0.139. The van der Waals surface area contributed by atoms with Crippen molar-refractivity contribution in [1.29, 1.82) is 0 Å². The van der Waals surface area contributed by atoms with E-state index in [1.807, 2.05) is 0 Å². The Bertz CT molecular complexity index is 396. The minimum Gasteiger partial charge on any atom is -0.393 e. The van der Waals surface area contributed by atoms with Gasteiger partial charge in [0.2, 0.25) is 11.8 Å². The van der Waals surface area contributed by atoms with E-state index in [0.717, 1.165) is 12.8 Å². The van der Waals surface area contributed by atoms with Crippen molar-refractivity contribution in [3.63, 3.8) is 0 Å². The maximum atomic E-state index is 12.1. The molecule has 1 fully saturated rings. The number of likely N-dealkylation sites (N-methyl/N-ethyl adjacent to an activating group) is 1. The maximum absolute atomic E-state index is 12.1. The Morgan fingerprint density at radius 3 is 2.70 bits per heavy atom. The van der Waals surface area contributed by atoms with E-state index in [9.17, 15) is 9.59 Å². The van der Waals surface area contributed by atoms with Crippen LogP contribution >= 0.6 is 12.2 Å². The number of rotatable bonds is 5. The molecule has 0 aromatic carbocycles. The fourth-order valence-electron chi connectivity index (χ4n) is 2.14. The second kappa shape index (κ2) is 7.02. The number of hydrogen-bond acceptors (Lipinski definition) is 3. The Hall–Kier alpha value is -1.17. The molecule has 0 aliphatic carbocycles. The van der Waals surface area contributed by atoms with Gasteiger partial charge in [0.05, 0.1) is 11.5 Å². The molecule has 1 aliphatic heterocycles. The Balaban J connectivity index is 2.51. The van der Waals surface area contributed by atoms with Crippen molar-refractivity contribution in [1.82, 2.24) is 9.80 Å². The third kappa shape index (κ3) is 5.45. The Kier molecular flexibility index (Phi) is 5.92. The maximum Gasteiger partial charge on any atom is 0.241 e. The van der Waals surface area contributed by atoms with Crippen LogP contribution in [0.4, 0.5) is 0 Å². The molecule has 0 bridgehead atoms. The van der Waals surface area contributed by atoms with E-state index >= 15 is 0 Å². The van der Waals surface area contributed by atoms with Crippen LogP contribution in [0.1, 0.15) is 39.5 Å². The molecule has 0 spiro atoms. The van der Waals surface area contributed by atoms with Crippen LogP contribution in [0.5, 0.6) is 0 Å². The van der Waals surface area contributed by atoms with Gasteiger partial charge in [0.25, 0.3) is 0 Å². The highest BCUT2D eigenvalue weighted by Gasteiger charge is 2.28. The number of thiocarbonyl (C=S) groups is 1. The summed E-state index contributed by atoms with van der Waals surface area (Å²) in [5.74, 6) is 0.0148. The quantitative estimate of drug-likeness (QED) is 0.774. The van der Waals surface area contributed by atoms with Gasteiger partial charge in [-0.15, -0.1) is 0 Å². The van der Waals surface area contributed by atoms with E-state index in [1.54, 1.807) is 16.8 Å². The van der Waals surface area contributed by atoms with Crippen molar-refractivity contribution < 1.29 is 9.59 Å². The molecule has 6 heteroatoms. The minimum absolute atomic E-state index is 0.0608. The van der Waals surface area contributed by atoms with Crippen LogP contribution in [0.2, 0.25) is 0 Å². The predicted octanol–water partition coefficient (Wildman–Crippen LogP) is 1.16. The first-order valence-electron chi connectivity index (χ1n) is 7.01. The van der Waals surface area contributed by atoms with E-state index < -0.39 is 0 Å². The number of amides is 2. The SMILES string of the molecule is CN(CCC(N)=S)C(=O)CN1CCC(C)(C)CCC1=O. The first-order valence-corrected chi connectivity index (χ1v) is 7.42. The summed E-state index contributed by atoms with van der Waals surface area (Å²) in [6, 6.07) is 0. The number of nitrogens with two attached hydrogens (primary N) is 1. The molecular weight excluding hydrogens is 274 g/mol. The zero-order valence-corrected chi connectivity index (χ0v) is 13.5. The van der Waals surface area contributed by atoms with Crippen LogP contribution in [0.3, 0.4) is 0 Å². The second-order valence-corrected chi connectivity index (χ2v) is 6.79. The molecule has 114 valence electrons. The van der Waals surface area contributed by atoms with E-state index in [2.05, 4.69) is 13.8 Å². The number of hydrogen-bond donors (Lipinski definition) is 1. The molecule has 1 rings (SSSR count). The van der Waals surface area contributed by atoms with Gasteiger partial charge < -0.3 is 15.5 Å². The van der Waals surface area contributed by atoms with Crippen molar-refractivity contribution in [3.05, 3.63) is 0 Å². The summed E-state index contributed by atoms with van der Waals surface area (Å²) in [5, 5.41) is 0. The lowest BCUT2D eigenvalue weighted by atomic mass is 9.85. The third-order valence-corrected chi connectivity index (χ3v) is 4.08. The zero-order chi connectivity index (χ0) is 15.3. The lowest BCUT2D eigenvalue weighted by Gasteiger charge is -2.25. The molecule has 2 amide bonds. The molecule has 5 nitrogen and oxygen atoms in total. The molecule has 1 saturated heterocycles. The zero-order valence-electron chi connectivity index (χ0n) is 12.6. The van der Waals surface area contributed by atoms with Gasteiger partial charge in [-0.3, -0.25) is 9.59 Å². The van der Waals surface area contributed by atoms with E-state index in [1.165, 1.54) is 0 Å². The van der Waals surface area contributed by atoms with Gasteiger partial charge in [-0.05, 0) is 18.3 Å². The molecule has 0 unspecified atom stereocenters. The van der Waals surface area contributed by atoms with Crippen molar-refractivity contribution in [3.8, 4) is 0 Å². The van der Waals surface area contributed by atoms with E-state index in [4.69, 9.17) is 18.0 Å². The summed E-state index contributed by atoms with van der Waals surface area (Å²) in [4.78, 5) is 27.8.